The molecule has 0 aromatic carbocycles. The van der Waals surface area contributed by atoms with E-state index in [9.17, 15) is 9.59 Å². The number of thiazole rings is 1. The van der Waals surface area contributed by atoms with E-state index in [-0.39, 0.29) is 22.9 Å². The van der Waals surface area contributed by atoms with Crippen LogP contribution in [0, 0.1) is 13.8 Å². The summed E-state index contributed by atoms with van der Waals surface area (Å²) < 4.78 is 0. The zero-order valence-corrected chi connectivity index (χ0v) is 14.5. The van der Waals surface area contributed by atoms with Crippen LogP contribution < -0.4 is 5.56 Å². The summed E-state index contributed by atoms with van der Waals surface area (Å²) in [5.74, 6) is 0.0347. The largest absolute Gasteiger partial charge is 0.341 e. The fourth-order valence-corrected chi connectivity index (χ4v) is 4.23. The molecule has 5 nitrogen and oxygen atoms in total. The van der Waals surface area contributed by atoms with Crippen molar-refractivity contribution in [3.8, 4) is 0 Å². The Hall–Kier alpha value is -1.95. The Bertz CT molecular complexity index is 793. The molecule has 2 aromatic rings. The Morgan fingerprint density at radius 1 is 1.43 bits per heavy atom. The SMILES string of the molecule is Cc1ccc(C(=O)N(C)CC2CCCc3sc(C)nc32)c(=O)[nH]1. The summed E-state index contributed by atoms with van der Waals surface area (Å²) in [6.07, 6.45) is 3.26. The predicted octanol–water partition coefficient (Wildman–Crippen LogP) is 2.64. The maximum absolute atomic E-state index is 12.6. The summed E-state index contributed by atoms with van der Waals surface area (Å²) in [5, 5.41) is 1.09. The first kappa shape index (κ1) is 15.9. The van der Waals surface area contributed by atoms with Crippen molar-refractivity contribution in [1.82, 2.24) is 14.9 Å². The minimum Gasteiger partial charge on any atom is -0.341 e. The summed E-state index contributed by atoms with van der Waals surface area (Å²) in [6.45, 7) is 4.43. The highest BCUT2D eigenvalue weighted by Crippen LogP contribution is 2.35. The first-order chi connectivity index (χ1) is 11.0. The van der Waals surface area contributed by atoms with Gasteiger partial charge in [-0.3, -0.25) is 9.59 Å². The van der Waals surface area contributed by atoms with Gasteiger partial charge in [0.1, 0.15) is 5.56 Å². The van der Waals surface area contributed by atoms with Gasteiger partial charge >= 0.3 is 0 Å². The van der Waals surface area contributed by atoms with Crippen molar-refractivity contribution in [2.45, 2.75) is 39.0 Å². The summed E-state index contributed by atoms with van der Waals surface area (Å²) in [4.78, 5) is 34.9. The topological polar surface area (TPSA) is 66.1 Å². The molecule has 3 rings (SSSR count). The van der Waals surface area contributed by atoms with Crippen molar-refractivity contribution in [3.63, 3.8) is 0 Å². The third kappa shape index (κ3) is 3.22. The molecule has 1 aliphatic rings. The van der Waals surface area contributed by atoms with Crippen LogP contribution in [0.25, 0.3) is 0 Å². The monoisotopic (exact) mass is 331 g/mol. The van der Waals surface area contributed by atoms with Crippen LogP contribution in [0.4, 0.5) is 0 Å². The molecular weight excluding hydrogens is 310 g/mol. The van der Waals surface area contributed by atoms with Gasteiger partial charge in [-0.15, -0.1) is 11.3 Å². The number of amides is 1. The van der Waals surface area contributed by atoms with E-state index >= 15 is 0 Å². The lowest BCUT2D eigenvalue weighted by atomic mass is 9.90. The number of hydrogen-bond acceptors (Lipinski definition) is 4. The second-order valence-electron chi connectivity index (χ2n) is 6.20. The zero-order valence-electron chi connectivity index (χ0n) is 13.7. The van der Waals surface area contributed by atoms with Crippen LogP contribution in [0.1, 0.15) is 50.4 Å². The Labute approximate surface area is 139 Å². The van der Waals surface area contributed by atoms with Crippen LogP contribution in [0.3, 0.4) is 0 Å². The van der Waals surface area contributed by atoms with E-state index in [1.807, 2.05) is 6.92 Å². The summed E-state index contributed by atoms with van der Waals surface area (Å²) in [6, 6.07) is 3.36. The van der Waals surface area contributed by atoms with Gasteiger partial charge < -0.3 is 9.88 Å². The van der Waals surface area contributed by atoms with Gasteiger partial charge in [0.25, 0.3) is 11.5 Å². The van der Waals surface area contributed by atoms with Crippen LogP contribution in [0.5, 0.6) is 0 Å². The van der Waals surface area contributed by atoms with Crippen LogP contribution in [-0.2, 0) is 6.42 Å². The van der Waals surface area contributed by atoms with Crippen molar-refractivity contribution in [2.24, 2.45) is 0 Å². The second kappa shape index (κ2) is 6.28. The molecule has 0 fully saturated rings. The standard InChI is InChI=1S/C17H21N3O2S/c1-10-7-8-13(16(21)18-10)17(22)20(3)9-12-5-4-6-14-15(12)19-11(2)23-14/h7-8,12H,4-6,9H2,1-3H3,(H,18,21). The van der Waals surface area contributed by atoms with E-state index in [4.69, 9.17) is 0 Å². The second-order valence-corrected chi connectivity index (χ2v) is 7.49. The number of nitrogens with zero attached hydrogens (tertiary/aromatic N) is 2. The van der Waals surface area contributed by atoms with Crippen molar-refractivity contribution >= 4 is 17.2 Å². The Balaban J connectivity index is 1.78. The number of H-pyrrole nitrogens is 1. The number of pyridine rings is 1. The van der Waals surface area contributed by atoms with E-state index in [0.717, 1.165) is 35.7 Å². The molecule has 122 valence electrons. The van der Waals surface area contributed by atoms with Gasteiger partial charge in [-0.25, -0.2) is 4.98 Å². The molecule has 0 spiro atoms. The average molecular weight is 331 g/mol. The van der Waals surface area contributed by atoms with Gasteiger partial charge in [-0.2, -0.15) is 0 Å². The number of fused-ring (bicyclic) bond motifs is 1. The normalized spacial score (nSPS) is 16.9. The predicted molar refractivity (Wildman–Crippen MR) is 91.3 cm³/mol. The lowest BCUT2D eigenvalue weighted by Gasteiger charge is -2.26. The first-order valence-electron chi connectivity index (χ1n) is 7.87. The molecule has 1 atom stereocenters. The highest BCUT2D eigenvalue weighted by atomic mass is 32.1. The summed E-state index contributed by atoms with van der Waals surface area (Å²) >= 11 is 1.76. The molecule has 0 aliphatic heterocycles. The molecule has 23 heavy (non-hydrogen) atoms. The van der Waals surface area contributed by atoms with Gasteiger partial charge in [0, 0.05) is 30.1 Å². The lowest BCUT2D eigenvalue weighted by molar-refractivity contribution is 0.0781. The average Bonchev–Trinajstić information content (AvgIpc) is 2.88. The van der Waals surface area contributed by atoms with Crippen molar-refractivity contribution in [2.75, 3.05) is 13.6 Å². The molecule has 1 amide bonds. The number of aryl methyl sites for hydroxylation is 3. The van der Waals surface area contributed by atoms with E-state index in [2.05, 4.69) is 9.97 Å². The third-order valence-electron chi connectivity index (χ3n) is 4.30. The molecular formula is C17H21N3O2S. The smallest absolute Gasteiger partial charge is 0.260 e. The highest BCUT2D eigenvalue weighted by molar-refractivity contribution is 7.11. The van der Waals surface area contributed by atoms with Crippen LogP contribution >= 0.6 is 11.3 Å². The maximum Gasteiger partial charge on any atom is 0.260 e. The molecule has 0 radical (unpaired) electrons. The minimum atomic E-state index is -0.323. The Morgan fingerprint density at radius 3 is 2.96 bits per heavy atom. The number of carbonyl (C=O) groups is 1. The van der Waals surface area contributed by atoms with E-state index in [1.165, 1.54) is 4.88 Å². The molecule has 2 heterocycles. The Kier molecular flexibility index (Phi) is 4.35. The van der Waals surface area contributed by atoms with Gasteiger partial charge in [0.05, 0.1) is 10.7 Å². The molecule has 6 heteroatoms. The van der Waals surface area contributed by atoms with Crippen molar-refractivity contribution in [3.05, 3.63) is 49.3 Å². The third-order valence-corrected chi connectivity index (χ3v) is 5.35. The summed E-state index contributed by atoms with van der Waals surface area (Å²) in [5.41, 5.74) is 1.78. The van der Waals surface area contributed by atoms with Gasteiger partial charge in [0.2, 0.25) is 0 Å². The molecule has 1 aliphatic carbocycles. The van der Waals surface area contributed by atoms with E-state index < -0.39 is 0 Å². The number of nitrogens with one attached hydrogen (secondary N) is 1. The quantitative estimate of drug-likeness (QED) is 0.940. The summed E-state index contributed by atoms with van der Waals surface area (Å²) in [7, 11) is 1.76. The fourth-order valence-electron chi connectivity index (χ4n) is 3.17. The lowest BCUT2D eigenvalue weighted by Crippen LogP contribution is -2.35. The number of likely N-dealkylation sites (N-methyl/N-ethyl adjacent to an activating group) is 1. The number of aromatic amines is 1. The zero-order chi connectivity index (χ0) is 16.6. The van der Waals surface area contributed by atoms with E-state index in [1.54, 1.807) is 42.3 Å². The molecule has 0 saturated carbocycles. The number of rotatable bonds is 3. The number of carbonyl (C=O) groups excluding carboxylic acids is 1. The Morgan fingerprint density at radius 2 is 2.22 bits per heavy atom. The first-order valence-corrected chi connectivity index (χ1v) is 8.69. The molecule has 1 unspecified atom stereocenters. The molecule has 0 saturated heterocycles. The van der Waals surface area contributed by atoms with Crippen molar-refractivity contribution < 1.29 is 4.79 Å². The number of hydrogen-bond donors (Lipinski definition) is 1. The van der Waals surface area contributed by atoms with Crippen LogP contribution in [0.15, 0.2) is 16.9 Å². The van der Waals surface area contributed by atoms with Gasteiger partial charge in [-0.05, 0) is 45.2 Å². The van der Waals surface area contributed by atoms with Crippen molar-refractivity contribution in [1.29, 1.82) is 0 Å². The number of aromatic nitrogens is 2. The van der Waals surface area contributed by atoms with Crippen LogP contribution in [-0.4, -0.2) is 34.4 Å². The highest BCUT2D eigenvalue weighted by Gasteiger charge is 2.27. The molecule has 2 aromatic heterocycles. The van der Waals surface area contributed by atoms with E-state index in [0.29, 0.717) is 6.54 Å². The molecule has 1 N–H and O–H groups in total. The fraction of sp³-hybridized carbons (Fsp3) is 0.471. The maximum atomic E-state index is 12.6. The van der Waals surface area contributed by atoms with Gasteiger partial charge in [0.15, 0.2) is 0 Å². The minimum absolute atomic E-state index is 0.198. The molecule has 0 bridgehead atoms. The van der Waals surface area contributed by atoms with Crippen LogP contribution in [0.2, 0.25) is 0 Å². The van der Waals surface area contributed by atoms with Gasteiger partial charge in [-0.1, -0.05) is 0 Å².